The number of rotatable bonds is 5. The fourth-order valence-electron chi connectivity index (χ4n) is 4.03. The molecule has 0 saturated carbocycles. The molecule has 0 aliphatic rings. The molecule has 2 aromatic carbocycles. The quantitative estimate of drug-likeness (QED) is 0.148. The molecule has 0 unspecified atom stereocenters. The molecule has 0 aliphatic heterocycles. The Labute approximate surface area is 221 Å². The van der Waals surface area contributed by atoms with Gasteiger partial charge in [0.15, 0.2) is 5.82 Å². The van der Waals surface area contributed by atoms with Crippen LogP contribution in [0.3, 0.4) is 0 Å². The predicted molar refractivity (Wildman–Crippen MR) is 139 cm³/mol. The van der Waals surface area contributed by atoms with Gasteiger partial charge in [0.05, 0.1) is 29.3 Å². The molecule has 0 atom stereocenters. The van der Waals surface area contributed by atoms with Crippen LogP contribution < -0.4 is 0 Å². The molecular weight excluding hydrogens is 512 g/mol. The third kappa shape index (κ3) is 4.73. The Bertz CT molecular complexity index is 1670. The average Bonchev–Trinajstić information content (AvgIpc) is 2.88. The Morgan fingerprint density at radius 2 is 1.45 bits per heavy atom. The molecule has 9 heteroatoms. The van der Waals surface area contributed by atoms with Crippen LogP contribution in [0.4, 0.5) is 23.2 Å². The van der Waals surface area contributed by atoms with Crippen LogP contribution in [0.5, 0.6) is 0 Å². The topological polar surface area (TPSA) is 53.9 Å². The van der Waals surface area contributed by atoms with Gasteiger partial charge in [0.2, 0.25) is 0 Å². The van der Waals surface area contributed by atoms with Gasteiger partial charge in [-0.05, 0) is 81.1 Å². The van der Waals surface area contributed by atoms with E-state index in [1.807, 2.05) is 26.2 Å². The zero-order valence-electron chi connectivity index (χ0n) is 20.8. The summed E-state index contributed by atoms with van der Waals surface area (Å²) in [5.41, 5.74) is -0.107. The Morgan fingerprint density at radius 1 is 0.868 bits per heavy atom. The Balaban J connectivity index is 1.89. The lowest BCUT2D eigenvalue weighted by molar-refractivity contribution is 0.577. The first-order valence-corrected chi connectivity index (χ1v) is 12.5. The van der Waals surface area contributed by atoms with Crippen molar-refractivity contribution in [1.82, 2.24) is 9.97 Å². The van der Waals surface area contributed by atoms with Crippen molar-refractivity contribution in [3.63, 3.8) is 0 Å². The molecular formula is C29H20F4N4S. The number of aryl methyl sites for hydroxylation is 1. The van der Waals surface area contributed by atoms with E-state index in [4.69, 9.17) is 6.57 Å². The molecule has 4 aromatic rings. The van der Waals surface area contributed by atoms with Crippen LogP contribution in [0, 0.1) is 48.1 Å². The maximum atomic E-state index is 15.0. The van der Waals surface area contributed by atoms with Crippen LogP contribution in [-0.2, 0) is 5.41 Å². The summed E-state index contributed by atoms with van der Waals surface area (Å²) in [7, 11) is 0. The van der Waals surface area contributed by atoms with E-state index >= 15 is 4.39 Å². The van der Waals surface area contributed by atoms with Gasteiger partial charge in [0, 0.05) is 21.4 Å². The molecule has 2 heterocycles. The van der Waals surface area contributed by atoms with Gasteiger partial charge in [-0.1, -0.05) is 0 Å². The summed E-state index contributed by atoms with van der Waals surface area (Å²) in [6, 6.07) is 13.0. The number of hydrogen-bond acceptors (Lipinski definition) is 4. The molecule has 0 radical (unpaired) electrons. The molecule has 0 fully saturated rings. The van der Waals surface area contributed by atoms with E-state index in [2.05, 4.69) is 14.8 Å². The lowest BCUT2D eigenvalue weighted by atomic mass is 9.83. The number of nitrogens with zero attached hydrogens (tertiary/aromatic N) is 4. The highest BCUT2D eigenvalue weighted by molar-refractivity contribution is 7.98. The molecule has 0 saturated heterocycles. The SMILES string of the molecule is [C-]#[N+]c1c(F)ccc(-c2cc(C)cc(C(C)(C)c3cc(SC)cc(-c4ccc(F)c(C#N)c4F)n3)n2)c1F. The first-order chi connectivity index (χ1) is 18.0. The number of pyridine rings is 2. The fraction of sp³-hybridized carbons (Fsp3) is 0.172. The van der Waals surface area contributed by atoms with Crippen molar-refractivity contribution in [3.8, 4) is 28.6 Å². The molecule has 0 spiro atoms. The zero-order chi connectivity index (χ0) is 27.8. The van der Waals surface area contributed by atoms with E-state index in [9.17, 15) is 18.4 Å². The van der Waals surface area contributed by atoms with E-state index in [1.165, 1.54) is 23.9 Å². The number of aromatic nitrogens is 2. The lowest BCUT2D eigenvalue weighted by Crippen LogP contribution is -2.23. The summed E-state index contributed by atoms with van der Waals surface area (Å²) >= 11 is 1.40. The minimum atomic E-state index is -1.000. The van der Waals surface area contributed by atoms with Gasteiger partial charge in [-0.25, -0.2) is 22.4 Å². The van der Waals surface area contributed by atoms with Crippen molar-refractivity contribution < 1.29 is 17.6 Å². The third-order valence-corrected chi connectivity index (χ3v) is 6.93. The molecule has 0 N–H and O–H groups in total. The Hall–Kier alpha value is -4.21. The van der Waals surface area contributed by atoms with Crippen molar-refractivity contribution in [2.45, 2.75) is 31.1 Å². The maximum Gasteiger partial charge on any atom is 0.257 e. The second-order valence-corrected chi connectivity index (χ2v) is 9.96. The number of hydrogen-bond donors (Lipinski definition) is 0. The summed E-state index contributed by atoms with van der Waals surface area (Å²) in [6.45, 7) is 12.6. The van der Waals surface area contributed by atoms with E-state index in [1.54, 1.807) is 31.2 Å². The Morgan fingerprint density at radius 3 is 2.05 bits per heavy atom. The van der Waals surface area contributed by atoms with Crippen LogP contribution in [0.2, 0.25) is 0 Å². The van der Waals surface area contributed by atoms with E-state index in [0.717, 1.165) is 22.6 Å². The number of thioether (sulfide) groups is 1. The molecule has 4 rings (SSSR count). The van der Waals surface area contributed by atoms with E-state index in [-0.39, 0.29) is 22.5 Å². The van der Waals surface area contributed by atoms with Gasteiger partial charge in [-0.15, -0.1) is 11.8 Å². The van der Waals surface area contributed by atoms with Crippen LogP contribution in [0.25, 0.3) is 27.4 Å². The molecule has 4 nitrogen and oxygen atoms in total. The lowest BCUT2D eigenvalue weighted by Gasteiger charge is -2.26. The van der Waals surface area contributed by atoms with Gasteiger partial charge in [-0.2, -0.15) is 5.26 Å². The van der Waals surface area contributed by atoms with Crippen molar-refractivity contribution in [3.05, 3.63) is 106 Å². The average molecular weight is 533 g/mol. The molecule has 190 valence electrons. The highest BCUT2D eigenvalue weighted by Gasteiger charge is 2.29. The predicted octanol–water partition coefficient (Wildman–Crippen LogP) is 8.15. The van der Waals surface area contributed by atoms with Crippen LogP contribution in [-0.4, -0.2) is 16.2 Å². The van der Waals surface area contributed by atoms with Crippen molar-refractivity contribution in [1.29, 1.82) is 5.26 Å². The largest absolute Gasteiger partial charge is 0.257 e. The smallest absolute Gasteiger partial charge is 0.252 e. The Kier molecular flexibility index (Phi) is 7.26. The van der Waals surface area contributed by atoms with Gasteiger partial charge < -0.3 is 0 Å². The fourth-order valence-corrected chi connectivity index (χ4v) is 4.49. The van der Waals surface area contributed by atoms with Gasteiger partial charge in [-0.3, -0.25) is 9.97 Å². The molecule has 2 aromatic heterocycles. The first kappa shape index (κ1) is 26.8. The standard InChI is InChI=1S/C29H20F4N4S/c1-15-10-22(18-7-9-21(31)28(35-4)27(18)33)36-24(11-15)29(2,3)25-13-16(38-5)12-23(37-25)17-6-8-20(30)19(14-34)26(17)32/h6-13H,1-3,5H3. The molecule has 0 amide bonds. The molecule has 38 heavy (non-hydrogen) atoms. The summed E-state index contributed by atoms with van der Waals surface area (Å²) in [5.74, 6) is -3.90. The van der Waals surface area contributed by atoms with E-state index in [0.29, 0.717) is 11.4 Å². The monoisotopic (exact) mass is 532 g/mol. The number of halogens is 4. The highest BCUT2D eigenvalue weighted by atomic mass is 32.2. The minimum absolute atomic E-state index is 0.0120. The first-order valence-electron chi connectivity index (χ1n) is 11.3. The summed E-state index contributed by atoms with van der Waals surface area (Å²) in [5, 5.41) is 9.19. The minimum Gasteiger partial charge on any atom is -0.252 e. The van der Waals surface area contributed by atoms with E-state index < -0.39 is 39.9 Å². The van der Waals surface area contributed by atoms with Gasteiger partial charge in [0.25, 0.3) is 5.69 Å². The van der Waals surface area contributed by atoms with Crippen molar-refractivity contribution in [2.24, 2.45) is 0 Å². The van der Waals surface area contributed by atoms with Gasteiger partial charge in [0.1, 0.15) is 29.1 Å². The molecule has 0 bridgehead atoms. The maximum absolute atomic E-state index is 15.0. The molecule has 0 aliphatic carbocycles. The second-order valence-electron chi connectivity index (χ2n) is 9.08. The van der Waals surface area contributed by atoms with Crippen molar-refractivity contribution in [2.75, 3.05) is 6.26 Å². The summed E-state index contributed by atoms with van der Waals surface area (Å²) in [6.07, 6.45) is 1.84. The van der Waals surface area contributed by atoms with Crippen LogP contribution in [0.15, 0.2) is 53.4 Å². The van der Waals surface area contributed by atoms with Crippen molar-refractivity contribution >= 4 is 17.4 Å². The van der Waals surface area contributed by atoms with Gasteiger partial charge >= 0.3 is 0 Å². The summed E-state index contributed by atoms with van der Waals surface area (Å²) < 4.78 is 57.8. The van der Waals surface area contributed by atoms with Crippen LogP contribution >= 0.6 is 11.8 Å². The number of nitriles is 1. The zero-order valence-corrected chi connectivity index (χ0v) is 21.6. The van der Waals surface area contributed by atoms with Crippen LogP contribution in [0.1, 0.15) is 36.4 Å². The number of benzene rings is 2. The highest BCUT2D eigenvalue weighted by Crippen LogP contribution is 2.37. The summed E-state index contributed by atoms with van der Waals surface area (Å²) in [4.78, 5) is 13.0. The normalized spacial score (nSPS) is 11.2. The third-order valence-electron chi connectivity index (χ3n) is 6.22. The second kappa shape index (κ2) is 10.3.